The van der Waals surface area contributed by atoms with Gasteiger partial charge in [0.1, 0.15) is 0 Å². The summed E-state index contributed by atoms with van der Waals surface area (Å²) >= 11 is 3.46. The number of carbonyl (C=O) groups is 1. The molecule has 1 amide bonds. The van der Waals surface area contributed by atoms with Crippen molar-refractivity contribution in [3.63, 3.8) is 0 Å². The molecular formula is C15H22BrNO2. The fourth-order valence-corrected chi connectivity index (χ4v) is 2.12. The number of aliphatic hydroxyl groups is 1. The quantitative estimate of drug-likeness (QED) is 0.808. The molecule has 1 atom stereocenters. The summed E-state index contributed by atoms with van der Waals surface area (Å²) in [5, 5.41) is 12.3. The van der Waals surface area contributed by atoms with Gasteiger partial charge in [0.15, 0.2) is 0 Å². The summed E-state index contributed by atoms with van der Waals surface area (Å²) in [5.41, 5.74) is 2.33. The van der Waals surface area contributed by atoms with Crippen LogP contribution >= 0.6 is 15.9 Å². The van der Waals surface area contributed by atoms with Gasteiger partial charge in [-0.15, -0.1) is 0 Å². The number of hydrogen-bond donors (Lipinski definition) is 2. The van der Waals surface area contributed by atoms with Gasteiger partial charge in [-0.2, -0.15) is 0 Å². The van der Waals surface area contributed by atoms with E-state index in [4.69, 9.17) is 0 Å². The molecule has 0 heterocycles. The Morgan fingerprint density at radius 1 is 1.47 bits per heavy atom. The summed E-state index contributed by atoms with van der Waals surface area (Å²) in [6.07, 6.45) is 2.41. The number of halogens is 1. The zero-order chi connectivity index (χ0) is 14.3. The van der Waals surface area contributed by atoms with Crippen molar-refractivity contribution in [2.24, 2.45) is 0 Å². The van der Waals surface area contributed by atoms with Gasteiger partial charge in [0.05, 0.1) is 6.10 Å². The Balaban J connectivity index is 2.31. The van der Waals surface area contributed by atoms with Gasteiger partial charge in [-0.25, -0.2) is 0 Å². The second kappa shape index (κ2) is 8.33. The van der Waals surface area contributed by atoms with Crippen molar-refractivity contribution in [3.05, 3.63) is 33.8 Å². The Morgan fingerprint density at radius 2 is 2.21 bits per heavy atom. The molecule has 106 valence electrons. The van der Waals surface area contributed by atoms with Crippen LogP contribution in [0.25, 0.3) is 0 Å². The highest BCUT2D eigenvalue weighted by molar-refractivity contribution is 9.10. The predicted octanol–water partition coefficient (Wildman–Crippen LogP) is 2.97. The molecule has 0 aliphatic rings. The number of nitrogens with one attached hydrogen (secondary N) is 1. The molecule has 1 unspecified atom stereocenters. The normalized spacial score (nSPS) is 12.2. The minimum atomic E-state index is -0.427. The van der Waals surface area contributed by atoms with Gasteiger partial charge >= 0.3 is 0 Å². The molecule has 1 aromatic rings. The topological polar surface area (TPSA) is 49.3 Å². The highest BCUT2D eigenvalue weighted by Crippen LogP contribution is 2.17. The maximum Gasteiger partial charge on any atom is 0.220 e. The van der Waals surface area contributed by atoms with Crippen molar-refractivity contribution in [3.8, 4) is 0 Å². The zero-order valence-corrected chi connectivity index (χ0v) is 13.2. The van der Waals surface area contributed by atoms with E-state index in [0.717, 1.165) is 29.3 Å². The monoisotopic (exact) mass is 327 g/mol. The van der Waals surface area contributed by atoms with E-state index in [9.17, 15) is 9.90 Å². The number of hydrogen-bond acceptors (Lipinski definition) is 2. The van der Waals surface area contributed by atoms with E-state index in [1.807, 2.05) is 26.0 Å². The average molecular weight is 328 g/mol. The second-order valence-electron chi connectivity index (χ2n) is 4.83. The fourth-order valence-electron chi connectivity index (χ4n) is 1.88. The lowest BCUT2D eigenvalue weighted by molar-refractivity contribution is -0.121. The molecule has 0 saturated heterocycles. The summed E-state index contributed by atoms with van der Waals surface area (Å²) in [6.45, 7) is 4.40. The average Bonchev–Trinajstić information content (AvgIpc) is 2.38. The Labute approximate surface area is 123 Å². The third-order valence-electron chi connectivity index (χ3n) is 3.02. The third-order valence-corrected chi connectivity index (χ3v) is 3.91. The largest absolute Gasteiger partial charge is 0.391 e. The molecule has 0 aromatic heterocycles. The predicted molar refractivity (Wildman–Crippen MR) is 81.1 cm³/mol. The molecule has 0 saturated carbocycles. The molecule has 1 rings (SSSR count). The van der Waals surface area contributed by atoms with Crippen molar-refractivity contribution in [2.45, 2.75) is 45.6 Å². The molecule has 0 fully saturated rings. The molecule has 2 N–H and O–H groups in total. The van der Waals surface area contributed by atoms with Crippen LogP contribution in [0.2, 0.25) is 0 Å². The van der Waals surface area contributed by atoms with Gasteiger partial charge in [-0.1, -0.05) is 41.4 Å². The van der Waals surface area contributed by atoms with Crippen LogP contribution in [-0.2, 0) is 11.2 Å². The first-order valence-electron chi connectivity index (χ1n) is 6.72. The van der Waals surface area contributed by atoms with Crippen LogP contribution in [0.4, 0.5) is 0 Å². The third kappa shape index (κ3) is 6.21. The van der Waals surface area contributed by atoms with Crippen molar-refractivity contribution in [1.82, 2.24) is 5.32 Å². The van der Waals surface area contributed by atoms with E-state index in [1.165, 1.54) is 5.56 Å². The van der Waals surface area contributed by atoms with E-state index in [0.29, 0.717) is 13.0 Å². The van der Waals surface area contributed by atoms with Crippen LogP contribution in [0, 0.1) is 6.92 Å². The fraction of sp³-hybridized carbons (Fsp3) is 0.533. The summed E-state index contributed by atoms with van der Waals surface area (Å²) in [7, 11) is 0. The van der Waals surface area contributed by atoms with Crippen LogP contribution < -0.4 is 5.32 Å². The van der Waals surface area contributed by atoms with Crippen LogP contribution in [0.5, 0.6) is 0 Å². The first-order chi connectivity index (χ1) is 9.02. The smallest absolute Gasteiger partial charge is 0.220 e. The highest BCUT2D eigenvalue weighted by atomic mass is 79.9. The number of aryl methyl sites for hydroxylation is 2. The second-order valence-corrected chi connectivity index (χ2v) is 5.68. The Hall–Kier alpha value is -0.870. The number of benzene rings is 1. The molecule has 19 heavy (non-hydrogen) atoms. The van der Waals surface area contributed by atoms with Crippen LogP contribution in [-0.4, -0.2) is 23.7 Å². The minimum Gasteiger partial charge on any atom is -0.391 e. The summed E-state index contributed by atoms with van der Waals surface area (Å²) in [4.78, 5) is 11.6. The molecule has 0 radical (unpaired) electrons. The maximum absolute atomic E-state index is 11.6. The van der Waals surface area contributed by atoms with Gasteiger partial charge in [0.2, 0.25) is 5.91 Å². The number of rotatable bonds is 7. The lowest BCUT2D eigenvalue weighted by Crippen LogP contribution is -2.32. The van der Waals surface area contributed by atoms with Gasteiger partial charge in [-0.3, -0.25) is 4.79 Å². The molecule has 1 aromatic carbocycles. The molecule has 0 spiro atoms. The Kier molecular flexibility index (Phi) is 7.10. The van der Waals surface area contributed by atoms with E-state index in [-0.39, 0.29) is 5.91 Å². The van der Waals surface area contributed by atoms with Crippen molar-refractivity contribution >= 4 is 21.8 Å². The lowest BCUT2D eigenvalue weighted by Gasteiger charge is -2.10. The highest BCUT2D eigenvalue weighted by Gasteiger charge is 2.06. The van der Waals surface area contributed by atoms with Gasteiger partial charge in [0.25, 0.3) is 0 Å². The summed E-state index contributed by atoms with van der Waals surface area (Å²) in [6, 6.07) is 6.12. The number of aliphatic hydroxyl groups excluding tert-OH is 1. The molecule has 0 aliphatic heterocycles. The van der Waals surface area contributed by atoms with Crippen LogP contribution in [0.3, 0.4) is 0 Å². The van der Waals surface area contributed by atoms with Crippen LogP contribution in [0.15, 0.2) is 22.7 Å². The van der Waals surface area contributed by atoms with Gasteiger partial charge < -0.3 is 10.4 Å². The van der Waals surface area contributed by atoms with E-state index >= 15 is 0 Å². The first-order valence-corrected chi connectivity index (χ1v) is 7.52. The first kappa shape index (κ1) is 16.2. The molecule has 0 aliphatic carbocycles. The number of carbonyl (C=O) groups excluding carboxylic acids is 1. The summed E-state index contributed by atoms with van der Waals surface area (Å²) < 4.78 is 1.09. The van der Waals surface area contributed by atoms with Crippen molar-refractivity contribution < 1.29 is 9.90 Å². The van der Waals surface area contributed by atoms with E-state index < -0.39 is 6.10 Å². The zero-order valence-electron chi connectivity index (χ0n) is 11.6. The van der Waals surface area contributed by atoms with Gasteiger partial charge in [0, 0.05) is 17.4 Å². The molecular weight excluding hydrogens is 306 g/mol. The standard InChI is InChI=1S/C15H22BrNO2/c1-3-4-13(18)10-17-15(19)8-6-12-5-7-14(16)11(2)9-12/h5,7,9,13,18H,3-4,6,8,10H2,1-2H3,(H,17,19). The summed E-state index contributed by atoms with van der Waals surface area (Å²) in [5.74, 6) is -0.00396. The number of amides is 1. The van der Waals surface area contributed by atoms with Gasteiger partial charge in [-0.05, 0) is 37.0 Å². The molecule has 0 bridgehead atoms. The Morgan fingerprint density at radius 3 is 2.84 bits per heavy atom. The minimum absolute atomic E-state index is 0.00396. The van der Waals surface area contributed by atoms with E-state index in [2.05, 4.69) is 27.3 Å². The Bertz CT molecular complexity index is 421. The molecule has 4 heteroatoms. The van der Waals surface area contributed by atoms with E-state index in [1.54, 1.807) is 0 Å². The maximum atomic E-state index is 11.6. The SMILES string of the molecule is CCCC(O)CNC(=O)CCc1ccc(Br)c(C)c1. The molecule has 3 nitrogen and oxygen atoms in total. The van der Waals surface area contributed by atoms with Crippen molar-refractivity contribution in [2.75, 3.05) is 6.54 Å². The van der Waals surface area contributed by atoms with Crippen LogP contribution in [0.1, 0.15) is 37.3 Å². The van der Waals surface area contributed by atoms with Crippen molar-refractivity contribution in [1.29, 1.82) is 0 Å². The lowest BCUT2D eigenvalue weighted by atomic mass is 10.1.